The van der Waals surface area contributed by atoms with Crippen LogP contribution < -0.4 is 20.9 Å². The maximum atomic E-state index is 12.4. The van der Waals surface area contributed by atoms with Crippen molar-refractivity contribution in [2.75, 3.05) is 0 Å². The number of nitrogens with zero attached hydrogens (tertiary/aromatic N) is 2. The number of aromatic hydroxyl groups is 1. The lowest BCUT2D eigenvalue weighted by molar-refractivity contribution is 0.0240. The van der Waals surface area contributed by atoms with Gasteiger partial charge in [-0.2, -0.15) is 0 Å². The van der Waals surface area contributed by atoms with E-state index in [4.69, 9.17) is 9.68 Å². The Kier molecular flexibility index (Phi) is 4.84. The topological polar surface area (TPSA) is 117 Å². The molecule has 1 heterocycles. The third-order valence-electron chi connectivity index (χ3n) is 3.38. The average Bonchev–Trinajstić information content (AvgIpc) is 2.69. The highest BCUT2D eigenvalue weighted by Crippen LogP contribution is 2.03. The SMILES string of the molecule is O=C(On1c(O)cc(=O)n(OC(=O)c2ccccc2)c1=O)c1ccccc1. The van der Waals surface area contributed by atoms with Gasteiger partial charge in [0.15, 0.2) is 0 Å². The Morgan fingerprint density at radius 3 is 1.67 bits per heavy atom. The molecule has 0 bridgehead atoms. The minimum atomic E-state index is -1.37. The van der Waals surface area contributed by atoms with Crippen molar-refractivity contribution in [2.45, 2.75) is 0 Å². The number of rotatable bonds is 4. The minimum Gasteiger partial charge on any atom is -0.492 e. The van der Waals surface area contributed by atoms with Crippen LogP contribution in [-0.2, 0) is 0 Å². The summed E-state index contributed by atoms with van der Waals surface area (Å²) in [6.45, 7) is 0. The number of carbonyl (C=O) groups excluding carboxylic acids is 2. The lowest BCUT2D eigenvalue weighted by Gasteiger charge is -2.11. The molecule has 0 radical (unpaired) electrons. The summed E-state index contributed by atoms with van der Waals surface area (Å²) in [4.78, 5) is 58.0. The second-order valence-corrected chi connectivity index (χ2v) is 5.20. The van der Waals surface area contributed by atoms with Gasteiger partial charge < -0.3 is 14.8 Å². The van der Waals surface area contributed by atoms with Crippen molar-refractivity contribution in [1.29, 1.82) is 0 Å². The van der Waals surface area contributed by atoms with E-state index in [2.05, 4.69) is 0 Å². The Hall–Kier alpha value is -4.14. The first-order chi connectivity index (χ1) is 13.0. The van der Waals surface area contributed by atoms with Crippen LogP contribution in [0.2, 0.25) is 0 Å². The van der Waals surface area contributed by atoms with Crippen molar-refractivity contribution in [3.05, 3.63) is 98.7 Å². The van der Waals surface area contributed by atoms with Gasteiger partial charge in [0.2, 0.25) is 5.88 Å². The fourth-order valence-corrected chi connectivity index (χ4v) is 2.09. The first kappa shape index (κ1) is 17.7. The van der Waals surface area contributed by atoms with Crippen LogP contribution in [0.25, 0.3) is 0 Å². The van der Waals surface area contributed by atoms with Gasteiger partial charge in [0.25, 0.3) is 5.56 Å². The summed E-state index contributed by atoms with van der Waals surface area (Å²) < 4.78 is 0.225. The van der Waals surface area contributed by atoms with Crippen LogP contribution >= 0.6 is 0 Å². The zero-order valence-corrected chi connectivity index (χ0v) is 13.6. The second kappa shape index (κ2) is 7.40. The van der Waals surface area contributed by atoms with Crippen LogP contribution in [0.15, 0.2) is 76.3 Å². The third-order valence-corrected chi connectivity index (χ3v) is 3.38. The molecular formula is C18H12N2O7. The molecule has 9 nitrogen and oxygen atoms in total. The van der Waals surface area contributed by atoms with E-state index >= 15 is 0 Å². The van der Waals surface area contributed by atoms with Gasteiger partial charge in [-0.05, 0) is 24.3 Å². The standard InChI is InChI=1S/C18H12N2O7/c21-14-11-15(22)20(27-17(24)13-9-5-2-6-10-13)18(25)19(14)26-16(23)12-7-3-1-4-8-12/h1-11,21H. The molecule has 0 aliphatic carbocycles. The lowest BCUT2D eigenvalue weighted by Crippen LogP contribution is -2.47. The number of hydrogen-bond acceptors (Lipinski definition) is 7. The van der Waals surface area contributed by atoms with Crippen LogP contribution in [0, 0.1) is 0 Å². The molecule has 0 aliphatic rings. The van der Waals surface area contributed by atoms with Crippen LogP contribution in [-0.4, -0.2) is 26.5 Å². The summed E-state index contributed by atoms with van der Waals surface area (Å²) in [6.07, 6.45) is 0. The van der Waals surface area contributed by atoms with E-state index in [0.717, 1.165) is 0 Å². The zero-order valence-electron chi connectivity index (χ0n) is 13.6. The van der Waals surface area contributed by atoms with Crippen LogP contribution in [0.5, 0.6) is 5.88 Å². The molecule has 0 saturated heterocycles. The smallest absolute Gasteiger partial charge is 0.402 e. The van der Waals surface area contributed by atoms with E-state index in [9.17, 15) is 24.3 Å². The van der Waals surface area contributed by atoms with Crippen molar-refractivity contribution in [3.8, 4) is 5.88 Å². The summed E-state index contributed by atoms with van der Waals surface area (Å²) in [7, 11) is 0. The van der Waals surface area contributed by atoms with Crippen molar-refractivity contribution < 1.29 is 24.4 Å². The van der Waals surface area contributed by atoms with Crippen LogP contribution in [0.4, 0.5) is 0 Å². The number of aromatic nitrogens is 2. The molecule has 0 saturated carbocycles. The summed E-state index contributed by atoms with van der Waals surface area (Å²) in [5.74, 6) is -2.88. The van der Waals surface area contributed by atoms with E-state index in [1.165, 1.54) is 24.3 Å². The predicted octanol–water partition coefficient (Wildman–Crippen LogP) is 0.254. The van der Waals surface area contributed by atoms with Crippen molar-refractivity contribution in [2.24, 2.45) is 0 Å². The molecule has 0 aliphatic heterocycles. The predicted molar refractivity (Wildman–Crippen MR) is 91.3 cm³/mol. The van der Waals surface area contributed by atoms with Gasteiger partial charge >= 0.3 is 17.6 Å². The van der Waals surface area contributed by atoms with Crippen molar-refractivity contribution in [3.63, 3.8) is 0 Å². The van der Waals surface area contributed by atoms with Gasteiger partial charge in [0.05, 0.1) is 17.2 Å². The Labute approximate surface area is 151 Å². The van der Waals surface area contributed by atoms with E-state index in [1.807, 2.05) is 0 Å². The van der Waals surface area contributed by atoms with Gasteiger partial charge in [-0.25, -0.2) is 14.4 Å². The first-order valence-electron chi connectivity index (χ1n) is 7.61. The van der Waals surface area contributed by atoms with E-state index < -0.39 is 29.1 Å². The fourth-order valence-electron chi connectivity index (χ4n) is 2.09. The highest BCUT2D eigenvalue weighted by Gasteiger charge is 2.19. The molecule has 0 amide bonds. The summed E-state index contributed by atoms with van der Waals surface area (Å²) in [6, 6.07) is 15.9. The van der Waals surface area contributed by atoms with Gasteiger partial charge in [0, 0.05) is 0 Å². The fraction of sp³-hybridized carbons (Fsp3) is 0. The van der Waals surface area contributed by atoms with Gasteiger partial charge in [-0.15, -0.1) is 0 Å². The molecule has 1 N–H and O–H groups in total. The highest BCUT2D eigenvalue weighted by molar-refractivity contribution is 5.90. The van der Waals surface area contributed by atoms with Gasteiger partial charge in [0.1, 0.15) is 0 Å². The Morgan fingerprint density at radius 2 is 1.19 bits per heavy atom. The van der Waals surface area contributed by atoms with Crippen LogP contribution in [0.1, 0.15) is 20.7 Å². The van der Waals surface area contributed by atoms with E-state index in [0.29, 0.717) is 6.07 Å². The number of carbonyl (C=O) groups is 2. The summed E-state index contributed by atoms with van der Waals surface area (Å²) >= 11 is 0. The van der Waals surface area contributed by atoms with E-state index in [1.54, 1.807) is 36.4 Å². The highest BCUT2D eigenvalue weighted by atomic mass is 16.7. The van der Waals surface area contributed by atoms with Crippen LogP contribution in [0.3, 0.4) is 0 Å². The molecule has 9 heteroatoms. The quantitative estimate of drug-likeness (QED) is 0.702. The first-order valence-corrected chi connectivity index (χ1v) is 7.61. The Balaban J connectivity index is 1.94. The maximum absolute atomic E-state index is 12.4. The van der Waals surface area contributed by atoms with Gasteiger partial charge in [-0.3, -0.25) is 4.79 Å². The minimum absolute atomic E-state index is 0.0767. The molecule has 3 aromatic rings. The zero-order chi connectivity index (χ0) is 19.4. The third kappa shape index (κ3) is 3.76. The second-order valence-electron chi connectivity index (χ2n) is 5.20. The number of hydrogen-bond donors (Lipinski definition) is 1. The molecule has 2 aromatic carbocycles. The normalized spacial score (nSPS) is 10.2. The van der Waals surface area contributed by atoms with Gasteiger partial charge in [-0.1, -0.05) is 45.9 Å². The van der Waals surface area contributed by atoms with Crippen molar-refractivity contribution in [1.82, 2.24) is 9.46 Å². The summed E-state index contributed by atoms with van der Waals surface area (Å²) in [5.41, 5.74) is -2.30. The van der Waals surface area contributed by atoms with E-state index in [-0.39, 0.29) is 20.6 Å². The summed E-state index contributed by atoms with van der Waals surface area (Å²) in [5, 5.41) is 9.78. The monoisotopic (exact) mass is 368 g/mol. The Morgan fingerprint density at radius 1 is 0.741 bits per heavy atom. The van der Waals surface area contributed by atoms with Crippen molar-refractivity contribution >= 4 is 11.9 Å². The molecule has 1 aromatic heterocycles. The lowest BCUT2D eigenvalue weighted by atomic mass is 10.2. The molecule has 136 valence electrons. The molecule has 0 spiro atoms. The molecule has 27 heavy (non-hydrogen) atoms. The number of benzene rings is 2. The molecule has 3 rings (SSSR count). The molecular weight excluding hydrogens is 356 g/mol. The molecule has 0 unspecified atom stereocenters. The molecule has 0 atom stereocenters. The largest absolute Gasteiger partial charge is 0.492 e. The average molecular weight is 368 g/mol. The maximum Gasteiger partial charge on any atom is 0.402 e. The Bertz CT molecular complexity index is 1100. The molecule has 0 fully saturated rings.